The van der Waals surface area contributed by atoms with Crippen molar-refractivity contribution < 1.29 is 26.7 Å². The molecule has 2 N–H and O–H groups in total. The van der Waals surface area contributed by atoms with Gasteiger partial charge in [-0.2, -0.15) is 23.3 Å². The zero-order valence-electron chi connectivity index (χ0n) is 19.6. The number of fused-ring (bicyclic) bond motifs is 1. The quantitative estimate of drug-likeness (QED) is 0.415. The Kier molecular flexibility index (Phi) is 6.35. The number of carbonyl (C=O) groups is 1. The molecule has 37 heavy (non-hydrogen) atoms. The Morgan fingerprint density at radius 2 is 1.89 bits per heavy atom. The van der Waals surface area contributed by atoms with Gasteiger partial charge in [0.2, 0.25) is 0 Å². The first-order chi connectivity index (χ1) is 17.4. The third-order valence-electron chi connectivity index (χ3n) is 6.31. The van der Waals surface area contributed by atoms with Crippen LogP contribution in [0, 0.1) is 0 Å². The summed E-state index contributed by atoms with van der Waals surface area (Å²) in [6.07, 6.45) is -1.97. The van der Waals surface area contributed by atoms with E-state index >= 15 is 0 Å². The maximum Gasteiger partial charge on any atom is 0.416 e. The van der Waals surface area contributed by atoms with Crippen LogP contribution in [0.15, 0.2) is 52.5 Å². The van der Waals surface area contributed by atoms with Crippen molar-refractivity contribution in [1.29, 1.82) is 0 Å². The highest BCUT2D eigenvalue weighted by Gasteiger charge is 2.37. The van der Waals surface area contributed by atoms with Gasteiger partial charge in [-0.05, 0) is 47.2 Å². The largest absolute Gasteiger partial charge is 0.416 e. The number of nitrogens with zero attached hydrogens (tertiary/aromatic N) is 4. The topological polar surface area (TPSA) is 76.5 Å². The molecule has 3 aromatic rings. The van der Waals surface area contributed by atoms with Crippen molar-refractivity contribution in [3.05, 3.63) is 69.8 Å². The number of amidine groups is 1. The molecule has 0 aliphatic carbocycles. The molecule has 0 atom stereocenters. The van der Waals surface area contributed by atoms with Gasteiger partial charge in [0.15, 0.2) is 0 Å². The zero-order chi connectivity index (χ0) is 26.5. The van der Waals surface area contributed by atoms with E-state index in [2.05, 4.69) is 10.1 Å². The van der Waals surface area contributed by atoms with E-state index in [1.807, 2.05) is 17.0 Å². The Morgan fingerprint density at radius 3 is 2.57 bits per heavy atom. The molecule has 2 aromatic carbocycles. The molecule has 0 bridgehead atoms. The van der Waals surface area contributed by atoms with Gasteiger partial charge in [0.1, 0.15) is 5.84 Å². The second-order valence-corrected chi connectivity index (χ2v) is 10.0. The summed E-state index contributed by atoms with van der Waals surface area (Å²) in [6, 6.07) is 8.02. The summed E-state index contributed by atoms with van der Waals surface area (Å²) in [5, 5.41) is 4.72. The number of benzene rings is 2. The van der Waals surface area contributed by atoms with Gasteiger partial charge in [0.05, 0.1) is 22.5 Å². The number of likely N-dealkylation sites (tertiary alicyclic amines) is 1. The lowest BCUT2D eigenvalue weighted by Crippen LogP contribution is -2.57. The number of amides is 1. The Balaban J connectivity index is 1.42. The molecule has 0 saturated carbocycles. The average molecular weight is 536 g/mol. The Hall–Kier alpha value is -3.25. The molecule has 3 heterocycles. The number of aliphatic imine (C=N–C) groups is 1. The number of carbonyl (C=O) groups excluding carboxylic acids is 1. The second kappa shape index (κ2) is 9.25. The lowest BCUT2D eigenvalue weighted by Gasteiger charge is -2.38. The predicted octanol–water partition coefficient (Wildman–Crippen LogP) is 5.85. The molecule has 12 heteroatoms. The summed E-state index contributed by atoms with van der Waals surface area (Å²) < 4.78 is 70.6. The van der Waals surface area contributed by atoms with Crippen LogP contribution in [0.1, 0.15) is 35.6 Å². The van der Waals surface area contributed by atoms with E-state index in [9.17, 15) is 26.7 Å². The monoisotopic (exact) mass is 535 g/mol. The Labute approximate surface area is 213 Å². The number of thioether (sulfide) groups is 1. The number of halogens is 5. The van der Waals surface area contributed by atoms with Gasteiger partial charge in [0, 0.05) is 42.7 Å². The third-order valence-corrected chi connectivity index (χ3v) is 7.10. The van der Waals surface area contributed by atoms with Crippen LogP contribution in [0.3, 0.4) is 0 Å². The van der Waals surface area contributed by atoms with E-state index in [0.717, 1.165) is 29.5 Å². The number of rotatable bonds is 5. The standard InChI is InChI=1S/C25H22F5N5OS/c1-2-24(26,27)17-5-4-15(19(9-17)25(28,29)30)10-35-11-16-7-14(3-6-20(16)33-35)8-21-22(32-23(36)37-21)34-12-18(31)13-34/h3-9,11,18H,2,10,12-13,31H2,1H3/b21-8-. The molecule has 2 aliphatic rings. The van der Waals surface area contributed by atoms with Gasteiger partial charge in [0.25, 0.3) is 5.92 Å². The highest BCUT2D eigenvalue weighted by molar-refractivity contribution is 8.18. The summed E-state index contributed by atoms with van der Waals surface area (Å²) >= 11 is 1.02. The minimum Gasteiger partial charge on any atom is -0.352 e. The van der Waals surface area contributed by atoms with E-state index in [1.165, 1.54) is 11.6 Å². The van der Waals surface area contributed by atoms with Gasteiger partial charge in [-0.25, -0.2) is 8.78 Å². The fraction of sp³-hybridized carbons (Fsp3) is 0.320. The molecular weight excluding hydrogens is 513 g/mol. The molecule has 6 nitrogen and oxygen atoms in total. The average Bonchev–Trinajstić information content (AvgIpc) is 3.38. The minimum absolute atomic E-state index is 0.0454. The number of aromatic nitrogens is 2. The highest BCUT2D eigenvalue weighted by atomic mass is 32.2. The van der Waals surface area contributed by atoms with Gasteiger partial charge in [-0.15, -0.1) is 0 Å². The van der Waals surface area contributed by atoms with Crippen molar-refractivity contribution in [2.24, 2.45) is 10.7 Å². The Morgan fingerprint density at radius 1 is 1.14 bits per heavy atom. The lowest BCUT2D eigenvalue weighted by atomic mass is 9.98. The van der Waals surface area contributed by atoms with E-state index in [-0.39, 0.29) is 23.4 Å². The van der Waals surface area contributed by atoms with Crippen molar-refractivity contribution >= 4 is 39.8 Å². The van der Waals surface area contributed by atoms with E-state index in [4.69, 9.17) is 5.73 Å². The van der Waals surface area contributed by atoms with Crippen LogP contribution in [-0.4, -0.2) is 44.9 Å². The number of nitrogens with two attached hydrogens (primary N) is 1. The SMILES string of the molecule is CCC(F)(F)c1ccc(Cn2cc3cc(/C=C4\SC(=O)N=C4N4CC(N)C4)ccc3n2)c(C(F)(F)F)c1. The van der Waals surface area contributed by atoms with Crippen molar-refractivity contribution in [2.45, 2.75) is 38.0 Å². The van der Waals surface area contributed by atoms with Crippen LogP contribution in [0.5, 0.6) is 0 Å². The van der Waals surface area contributed by atoms with Crippen LogP contribution >= 0.6 is 11.8 Å². The van der Waals surface area contributed by atoms with Crippen LogP contribution in [0.4, 0.5) is 26.7 Å². The van der Waals surface area contributed by atoms with Gasteiger partial charge in [-0.3, -0.25) is 9.48 Å². The first-order valence-electron chi connectivity index (χ1n) is 11.5. The normalized spacial score (nSPS) is 18.1. The number of hydrogen-bond donors (Lipinski definition) is 1. The summed E-state index contributed by atoms with van der Waals surface area (Å²) in [6.45, 7) is 2.21. The first-order valence-corrected chi connectivity index (χ1v) is 12.3. The minimum atomic E-state index is -4.79. The fourth-order valence-electron chi connectivity index (χ4n) is 4.31. The molecule has 1 saturated heterocycles. The van der Waals surface area contributed by atoms with E-state index in [0.29, 0.717) is 40.8 Å². The Bertz CT molecular complexity index is 1440. The van der Waals surface area contributed by atoms with E-state index < -0.39 is 29.6 Å². The van der Waals surface area contributed by atoms with Gasteiger partial charge in [-0.1, -0.05) is 25.1 Å². The van der Waals surface area contributed by atoms with E-state index in [1.54, 1.807) is 18.3 Å². The summed E-state index contributed by atoms with van der Waals surface area (Å²) in [4.78, 5) is 18.6. The predicted molar refractivity (Wildman–Crippen MR) is 132 cm³/mol. The van der Waals surface area contributed by atoms with Gasteiger partial charge >= 0.3 is 11.4 Å². The molecule has 0 radical (unpaired) electrons. The van der Waals surface area contributed by atoms with Crippen LogP contribution < -0.4 is 5.73 Å². The van der Waals surface area contributed by atoms with Gasteiger partial charge < -0.3 is 10.6 Å². The smallest absolute Gasteiger partial charge is 0.352 e. The van der Waals surface area contributed by atoms with Crippen LogP contribution in [-0.2, 0) is 18.6 Å². The summed E-state index contributed by atoms with van der Waals surface area (Å²) in [7, 11) is 0. The molecule has 0 unspecified atom stereocenters. The van der Waals surface area contributed by atoms with Crippen molar-refractivity contribution in [2.75, 3.05) is 13.1 Å². The summed E-state index contributed by atoms with van der Waals surface area (Å²) in [5.41, 5.74) is 5.23. The summed E-state index contributed by atoms with van der Waals surface area (Å²) in [5.74, 6) is -2.76. The number of alkyl halides is 5. The zero-order valence-corrected chi connectivity index (χ0v) is 20.4. The molecule has 5 rings (SSSR count). The molecule has 1 aromatic heterocycles. The van der Waals surface area contributed by atoms with Crippen molar-refractivity contribution in [3.63, 3.8) is 0 Å². The van der Waals surface area contributed by atoms with Crippen molar-refractivity contribution in [3.8, 4) is 0 Å². The first kappa shape index (κ1) is 25.4. The maximum atomic E-state index is 14.0. The lowest BCUT2D eigenvalue weighted by molar-refractivity contribution is -0.138. The number of hydrogen-bond acceptors (Lipinski definition) is 5. The molecule has 2 aliphatic heterocycles. The molecule has 0 spiro atoms. The van der Waals surface area contributed by atoms with Crippen molar-refractivity contribution in [1.82, 2.24) is 14.7 Å². The maximum absolute atomic E-state index is 14.0. The molecule has 194 valence electrons. The molecule has 1 amide bonds. The van der Waals surface area contributed by atoms with Crippen LogP contribution in [0.25, 0.3) is 17.0 Å². The highest BCUT2D eigenvalue weighted by Crippen LogP contribution is 2.38. The fourth-order valence-corrected chi connectivity index (χ4v) is 5.09. The molecular formula is C25H22F5N5OS. The molecule has 1 fully saturated rings. The van der Waals surface area contributed by atoms with Crippen LogP contribution in [0.2, 0.25) is 0 Å². The second-order valence-electron chi connectivity index (χ2n) is 9.05. The third kappa shape index (κ3) is 5.12.